The van der Waals surface area contributed by atoms with Gasteiger partial charge in [0.15, 0.2) is 11.6 Å². The Kier molecular flexibility index (Phi) is 7.48. The second kappa shape index (κ2) is 10.6. The highest BCUT2D eigenvalue weighted by Gasteiger charge is 2.44. The SMILES string of the molecule is C=C1CN=C(N[C@@H]2CCN(C)CC2(F)F)NC(=NC)/C1=C(/C=C\C)c1ccc2ncc(C(=O)NC)n2n1. The summed E-state index contributed by atoms with van der Waals surface area (Å²) >= 11 is 0. The third kappa shape index (κ3) is 5.29. The fourth-order valence-corrected chi connectivity index (χ4v) is 4.42. The Morgan fingerprint density at radius 3 is 2.84 bits per heavy atom. The van der Waals surface area contributed by atoms with E-state index in [4.69, 9.17) is 0 Å². The van der Waals surface area contributed by atoms with Crippen molar-refractivity contribution >= 4 is 28.9 Å². The molecule has 2 aromatic heterocycles. The predicted molar refractivity (Wildman–Crippen MR) is 140 cm³/mol. The molecule has 10 nitrogen and oxygen atoms in total. The fourth-order valence-electron chi connectivity index (χ4n) is 4.42. The number of imidazole rings is 1. The first-order valence-electron chi connectivity index (χ1n) is 11.9. The van der Waals surface area contributed by atoms with E-state index < -0.39 is 12.0 Å². The lowest BCUT2D eigenvalue weighted by Crippen LogP contribution is -2.59. The Bertz CT molecular complexity index is 1340. The quantitative estimate of drug-likeness (QED) is 0.578. The maximum absolute atomic E-state index is 14.7. The first-order valence-corrected chi connectivity index (χ1v) is 11.9. The van der Waals surface area contributed by atoms with Crippen LogP contribution in [0.25, 0.3) is 11.2 Å². The number of likely N-dealkylation sites (tertiary alicyclic amines) is 1. The van der Waals surface area contributed by atoms with Gasteiger partial charge < -0.3 is 20.9 Å². The lowest BCUT2D eigenvalue weighted by Gasteiger charge is -2.37. The molecule has 3 N–H and O–H groups in total. The zero-order valence-corrected chi connectivity index (χ0v) is 21.3. The van der Waals surface area contributed by atoms with E-state index in [2.05, 4.69) is 42.6 Å². The number of alkyl halides is 2. The molecule has 37 heavy (non-hydrogen) atoms. The van der Waals surface area contributed by atoms with Crippen molar-refractivity contribution in [2.24, 2.45) is 9.98 Å². The van der Waals surface area contributed by atoms with Crippen molar-refractivity contribution in [1.82, 2.24) is 35.4 Å². The molecule has 1 atom stereocenters. The van der Waals surface area contributed by atoms with E-state index in [-0.39, 0.29) is 31.4 Å². The topological polar surface area (TPSA) is 111 Å². The van der Waals surface area contributed by atoms with Crippen LogP contribution < -0.4 is 16.0 Å². The number of aliphatic imine (C=N–C) groups is 2. The number of fused-ring (bicyclic) bond motifs is 1. The molecular formula is C25H31F2N9O. The number of hydrogen-bond acceptors (Lipinski definition) is 7. The van der Waals surface area contributed by atoms with Crippen molar-refractivity contribution < 1.29 is 13.6 Å². The number of carbonyl (C=O) groups excluding carboxylic acids is 1. The standard InChI is InChI=1S/C25H31F2N9O/c1-6-7-16(17-8-9-20-30-13-18(23(37)29-4)36(20)34-17)21-15(2)12-31-24(33-22(21)28-3)32-19-10-11-35(5)14-25(19,26)27/h6-9,13,19H,2,10-12,14H2,1,3-5H3,(H,29,37)(H2,28,31,32,33)/b7-6-,21-16-/t19-/m1/s1. The molecule has 0 spiro atoms. The van der Waals surface area contributed by atoms with Crippen molar-refractivity contribution in [3.63, 3.8) is 0 Å². The Morgan fingerprint density at radius 2 is 2.16 bits per heavy atom. The van der Waals surface area contributed by atoms with Crippen molar-refractivity contribution in [2.45, 2.75) is 25.3 Å². The molecule has 196 valence electrons. The van der Waals surface area contributed by atoms with Gasteiger partial charge in [0, 0.05) is 31.8 Å². The summed E-state index contributed by atoms with van der Waals surface area (Å²) in [4.78, 5) is 27.0. The van der Waals surface area contributed by atoms with Crippen molar-refractivity contribution in [3.8, 4) is 0 Å². The minimum atomic E-state index is -2.91. The Balaban J connectivity index is 1.73. The second-order valence-corrected chi connectivity index (χ2v) is 8.95. The minimum Gasteiger partial charge on any atom is -0.354 e. The van der Waals surface area contributed by atoms with Crippen LogP contribution in [0.15, 0.2) is 58.2 Å². The highest BCUT2D eigenvalue weighted by atomic mass is 19.3. The zero-order valence-electron chi connectivity index (χ0n) is 21.3. The van der Waals surface area contributed by atoms with E-state index >= 15 is 0 Å². The number of hydrogen-bond donors (Lipinski definition) is 3. The highest BCUT2D eigenvalue weighted by molar-refractivity contribution is 6.16. The zero-order chi connectivity index (χ0) is 26.7. The van der Waals surface area contributed by atoms with Gasteiger partial charge in [0.25, 0.3) is 11.8 Å². The van der Waals surface area contributed by atoms with Crippen LogP contribution in [0.3, 0.4) is 0 Å². The summed E-state index contributed by atoms with van der Waals surface area (Å²) in [6, 6.07) is 2.50. The molecule has 1 fully saturated rings. The molecule has 0 aliphatic carbocycles. The average Bonchev–Trinajstić information content (AvgIpc) is 3.22. The van der Waals surface area contributed by atoms with Crippen LogP contribution in [0, 0.1) is 0 Å². The average molecular weight is 512 g/mol. The van der Waals surface area contributed by atoms with Crippen LogP contribution in [0.4, 0.5) is 8.78 Å². The lowest BCUT2D eigenvalue weighted by atomic mass is 9.96. The normalized spacial score (nSPS) is 23.1. The molecule has 0 aromatic carbocycles. The number of nitrogens with one attached hydrogen (secondary N) is 3. The number of halogens is 2. The van der Waals surface area contributed by atoms with Gasteiger partial charge in [0.2, 0.25) is 0 Å². The Hall–Kier alpha value is -3.93. The van der Waals surface area contributed by atoms with Crippen LogP contribution in [0.1, 0.15) is 29.5 Å². The van der Waals surface area contributed by atoms with Gasteiger partial charge in [-0.05, 0) is 38.1 Å². The van der Waals surface area contributed by atoms with Gasteiger partial charge in [-0.1, -0.05) is 18.7 Å². The number of rotatable bonds is 4. The number of amidine groups is 1. The van der Waals surface area contributed by atoms with E-state index in [0.29, 0.717) is 46.1 Å². The molecule has 0 unspecified atom stereocenters. The second-order valence-electron chi connectivity index (χ2n) is 8.95. The number of piperidine rings is 1. The molecule has 2 aromatic rings. The van der Waals surface area contributed by atoms with Crippen LogP contribution in [-0.4, -0.2) is 89.9 Å². The molecule has 0 bridgehead atoms. The van der Waals surface area contributed by atoms with Crippen LogP contribution in [0.2, 0.25) is 0 Å². The molecular weight excluding hydrogens is 480 g/mol. The molecule has 12 heteroatoms. The van der Waals surface area contributed by atoms with Gasteiger partial charge in [-0.2, -0.15) is 5.10 Å². The van der Waals surface area contributed by atoms with Crippen molar-refractivity contribution in [3.05, 3.63) is 59.6 Å². The molecule has 0 saturated carbocycles. The van der Waals surface area contributed by atoms with E-state index in [1.165, 1.54) is 17.8 Å². The van der Waals surface area contributed by atoms with Gasteiger partial charge in [0.1, 0.15) is 11.5 Å². The summed E-state index contributed by atoms with van der Waals surface area (Å²) in [5.41, 5.74) is 3.31. The molecule has 1 saturated heterocycles. The molecule has 4 rings (SSSR count). The van der Waals surface area contributed by atoms with E-state index in [9.17, 15) is 13.6 Å². The fraction of sp³-hybridized carbons (Fsp3) is 0.400. The first-order chi connectivity index (χ1) is 17.7. The minimum absolute atomic E-state index is 0.166. The Labute approximate surface area is 214 Å². The van der Waals surface area contributed by atoms with Gasteiger partial charge in [-0.25, -0.2) is 23.3 Å². The maximum atomic E-state index is 14.7. The number of carbonyl (C=O) groups is 1. The van der Waals surface area contributed by atoms with Crippen molar-refractivity contribution in [1.29, 1.82) is 0 Å². The summed E-state index contributed by atoms with van der Waals surface area (Å²) in [6.45, 7) is 6.47. The van der Waals surface area contributed by atoms with E-state index in [0.717, 1.165) is 0 Å². The molecule has 4 heterocycles. The summed E-state index contributed by atoms with van der Waals surface area (Å²) < 4.78 is 30.8. The largest absolute Gasteiger partial charge is 0.354 e. The van der Waals surface area contributed by atoms with Crippen molar-refractivity contribution in [2.75, 3.05) is 40.8 Å². The van der Waals surface area contributed by atoms with Gasteiger partial charge in [-0.3, -0.25) is 9.79 Å². The highest BCUT2D eigenvalue weighted by Crippen LogP contribution is 2.28. The monoisotopic (exact) mass is 511 g/mol. The number of amides is 1. The third-order valence-corrected chi connectivity index (χ3v) is 6.28. The van der Waals surface area contributed by atoms with E-state index in [1.54, 1.807) is 31.1 Å². The summed E-state index contributed by atoms with van der Waals surface area (Å²) in [5.74, 6) is -2.60. The first kappa shape index (κ1) is 26.1. The molecule has 2 aliphatic rings. The molecule has 1 amide bonds. The number of allylic oxidation sites excluding steroid dienone is 3. The number of aromatic nitrogens is 3. The van der Waals surface area contributed by atoms with Gasteiger partial charge in [-0.15, -0.1) is 0 Å². The number of guanidine groups is 1. The predicted octanol–water partition coefficient (Wildman–Crippen LogP) is 1.89. The summed E-state index contributed by atoms with van der Waals surface area (Å²) in [5, 5.41) is 13.3. The Morgan fingerprint density at radius 1 is 1.38 bits per heavy atom. The molecule has 0 radical (unpaired) electrons. The van der Waals surface area contributed by atoms with Gasteiger partial charge >= 0.3 is 0 Å². The van der Waals surface area contributed by atoms with Crippen LogP contribution >= 0.6 is 0 Å². The van der Waals surface area contributed by atoms with Crippen LogP contribution in [-0.2, 0) is 0 Å². The smallest absolute Gasteiger partial charge is 0.280 e. The molecule has 2 aliphatic heterocycles. The van der Waals surface area contributed by atoms with Gasteiger partial charge in [0.05, 0.1) is 31.0 Å². The van der Waals surface area contributed by atoms with Crippen LogP contribution in [0.5, 0.6) is 0 Å². The maximum Gasteiger partial charge on any atom is 0.280 e. The number of nitrogens with zero attached hydrogens (tertiary/aromatic N) is 6. The summed E-state index contributed by atoms with van der Waals surface area (Å²) in [6.07, 6.45) is 5.45. The third-order valence-electron chi connectivity index (χ3n) is 6.28. The van der Waals surface area contributed by atoms with E-state index in [1.807, 2.05) is 19.1 Å². The summed E-state index contributed by atoms with van der Waals surface area (Å²) in [7, 11) is 4.83. The lowest BCUT2D eigenvalue weighted by molar-refractivity contribution is -0.0793.